The van der Waals surface area contributed by atoms with Gasteiger partial charge in [0.05, 0.1) is 6.10 Å². The zero-order chi connectivity index (χ0) is 14.4. The van der Waals surface area contributed by atoms with Crippen molar-refractivity contribution >= 4 is 11.6 Å². The summed E-state index contributed by atoms with van der Waals surface area (Å²) in [4.78, 5) is 0. The van der Waals surface area contributed by atoms with Crippen molar-refractivity contribution in [2.24, 2.45) is 5.92 Å². The van der Waals surface area contributed by atoms with Gasteiger partial charge in [-0.2, -0.15) is 0 Å². The summed E-state index contributed by atoms with van der Waals surface area (Å²) in [7, 11) is 0. The van der Waals surface area contributed by atoms with E-state index in [2.05, 4.69) is 26.1 Å². The molecule has 0 fully saturated rings. The second-order valence-corrected chi connectivity index (χ2v) is 6.01. The van der Waals surface area contributed by atoms with Gasteiger partial charge in [0.25, 0.3) is 0 Å². The van der Waals surface area contributed by atoms with Gasteiger partial charge in [-0.3, -0.25) is 0 Å². The summed E-state index contributed by atoms with van der Waals surface area (Å²) in [6.45, 7) is 9.42. The van der Waals surface area contributed by atoms with Crippen LogP contribution < -0.4 is 5.32 Å². The van der Waals surface area contributed by atoms with E-state index in [0.29, 0.717) is 5.92 Å². The number of halogens is 1. The summed E-state index contributed by atoms with van der Waals surface area (Å²) >= 11 is 6.02. The predicted molar refractivity (Wildman–Crippen MR) is 82.7 cm³/mol. The number of rotatable bonds is 7. The lowest BCUT2D eigenvalue weighted by Gasteiger charge is -2.24. The maximum atomic E-state index is 10.5. The lowest BCUT2D eigenvalue weighted by molar-refractivity contribution is 0.125. The topological polar surface area (TPSA) is 32.3 Å². The molecule has 0 saturated heterocycles. The fraction of sp³-hybridized carbons (Fsp3) is 0.625. The van der Waals surface area contributed by atoms with Gasteiger partial charge in [0.15, 0.2) is 0 Å². The Balaban J connectivity index is 2.66. The molecule has 3 heteroatoms. The molecule has 2 nitrogen and oxygen atoms in total. The molecule has 108 valence electrons. The number of hydrogen-bond acceptors (Lipinski definition) is 2. The van der Waals surface area contributed by atoms with Crippen molar-refractivity contribution in [3.8, 4) is 0 Å². The molecule has 1 aromatic carbocycles. The molecule has 1 rings (SSSR count). The largest absolute Gasteiger partial charge is 0.387 e. The van der Waals surface area contributed by atoms with Crippen molar-refractivity contribution in [3.63, 3.8) is 0 Å². The van der Waals surface area contributed by atoms with Gasteiger partial charge in [0.2, 0.25) is 0 Å². The molecule has 0 bridgehead atoms. The first-order valence-corrected chi connectivity index (χ1v) is 7.51. The predicted octanol–water partition coefficient (Wildman–Crippen LogP) is 4.10. The number of aliphatic hydroxyl groups excluding tert-OH is 1. The summed E-state index contributed by atoms with van der Waals surface area (Å²) < 4.78 is 0. The Labute approximate surface area is 122 Å². The van der Waals surface area contributed by atoms with Gasteiger partial charge in [0.1, 0.15) is 0 Å². The van der Waals surface area contributed by atoms with Crippen LogP contribution in [0.2, 0.25) is 5.02 Å². The molecule has 0 aliphatic carbocycles. The Morgan fingerprint density at radius 2 is 2.00 bits per heavy atom. The van der Waals surface area contributed by atoms with Gasteiger partial charge in [-0.15, -0.1) is 0 Å². The van der Waals surface area contributed by atoms with Gasteiger partial charge >= 0.3 is 0 Å². The monoisotopic (exact) mass is 283 g/mol. The summed E-state index contributed by atoms with van der Waals surface area (Å²) in [5, 5.41) is 14.7. The zero-order valence-corrected chi connectivity index (χ0v) is 13.2. The third-order valence-electron chi connectivity index (χ3n) is 3.47. The van der Waals surface area contributed by atoms with Gasteiger partial charge in [-0.1, -0.05) is 44.5 Å². The molecule has 2 atom stereocenters. The molecular weight excluding hydrogens is 258 g/mol. The van der Waals surface area contributed by atoms with Crippen molar-refractivity contribution in [1.82, 2.24) is 5.32 Å². The number of aryl methyl sites for hydroxylation is 1. The van der Waals surface area contributed by atoms with Crippen molar-refractivity contribution in [2.45, 2.75) is 52.7 Å². The van der Waals surface area contributed by atoms with Crippen molar-refractivity contribution in [2.75, 3.05) is 6.54 Å². The highest BCUT2D eigenvalue weighted by Gasteiger charge is 2.19. The summed E-state index contributed by atoms with van der Waals surface area (Å²) in [5.74, 6) is 0.680. The summed E-state index contributed by atoms with van der Waals surface area (Å²) in [6.07, 6.45) is 1.55. The van der Waals surface area contributed by atoms with E-state index >= 15 is 0 Å². The first kappa shape index (κ1) is 16.5. The van der Waals surface area contributed by atoms with Crippen LogP contribution in [0.15, 0.2) is 18.2 Å². The van der Waals surface area contributed by atoms with Crippen molar-refractivity contribution in [3.05, 3.63) is 34.3 Å². The van der Waals surface area contributed by atoms with E-state index in [9.17, 15) is 5.11 Å². The van der Waals surface area contributed by atoms with E-state index in [-0.39, 0.29) is 6.04 Å². The normalized spacial score (nSPS) is 14.7. The van der Waals surface area contributed by atoms with Crippen LogP contribution in [0, 0.1) is 12.8 Å². The molecule has 2 unspecified atom stereocenters. The van der Waals surface area contributed by atoms with E-state index in [1.54, 1.807) is 0 Å². The maximum Gasteiger partial charge on any atom is 0.0942 e. The molecule has 0 saturated carbocycles. The van der Waals surface area contributed by atoms with Gasteiger partial charge in [-0.05, 0) is 49.4 Å². The minimum absolute atomic E-state index is 0.0966. The fourth-order valence-corrected chi connectivity index (χ4v) is 2.24. The number of aliphatic hydroxyl groups is 1. The Bertz CT molecular complexity index is 392. The number of hydrogen-bond donors (Lipinski definition) is 2. The number of benzene rings is 1. The lowest BCUT2D eigenvalue weighted by Crippen LogP contribution is -2.35. The van der Waals surface area contributed by atoms with Crippen LogP contribution in [-0.4, -0.2) is 17.7 Å². The quantitative estimate of drug-likeness (QED) is 0.790. The Morgan fingerprint density at radius 3 is 2.53 bits per heavy atom. The highest BCUT2D eigenvalue weighted by molar-refractivity contribution is 6.31. The van der Waals surface area contributed by atoms with E-state index in [1.165, 1.54) is 0 Å². The van der Waals surface area contributed by atoms with Crippen molar-refractivity contribution in [1.29, 1.82) is 0 Å². The molecule has 1 aromatic rings. The van der Waals surface area contributed by atoms with Crippen LogP contribution >= 0.6 is 11.6 Å². The van der Waals surface area contributed by atoms with Gasteiger partial charge in [-0.25, -0.2) is 0 Å². The van der Waals surface area contributed by atoms with Crippen LogP contribution in [0.1, 0.15) is 50.8 Å². The highest BCUT2D eigenvalue weighted by Crippen LogP contribution is 2.24. The standard InChI is InChI=1S/C16H26ClNO/c1-5-15(18-9-8-11(2)3)16(19)13-6-7-14(17)12(4)10-13/h6-7,10-11,15-16,18-19H,5,8-9H2,1-4H3. The molecule has 0 aromatic heterocycles. The lowest BCUT2D eigenvalue weighted by atomic mass is 9.98. The Morgan fingerprint density at radius 1 is 1.32 bits per heavy atom. The first-order chi connectivity index (χ1) is 8.95. The molecule has 0 radical (unpaired) electrons. The second-order valence-electron chi connectivity index (χ2n) is 5.60. The van der Waals surface area contributed by atoms with E-state index in [0.717, 1.165) is 35.5 Å². The number of nitrogens with one attached hydrogen (secondary N) is 1. The molecule has 0 spiro atoms. The van der Waals surface area contributed by atoms with Crippen LogP contribution in [0.3, 0.4) is 0 Å². The smallest absolute Gasteiger partial charge is 0.0942 e. The van der Waals surface area contributed by atoms with Crippen molar-refractivity contribution < 1.29 is 5.11 Å². The minimum Gasteiger partial charge on any atom is -0.387 e. The molecular formula is C16H26ClNO. The Hall–Kier alpha value is -0.570. The minimum atomic E-state index is -0.479. The van der Waals surface area contributed by atoms with Crippen LogP contribution in [0.25, 0.3) is 0 Å². The molecule has 19 heavy (non-hydrogen) atoms. The average Bonchev–Trinajstić information content (AvgIpc) is 2.37. The van der Waals surface area contributed by atoms with Gasteiger partial charge in [0, 0.05) is 11.1 Å². The first-order valence-electron chi connectivity index (χ1n) is 7.13. The second kappa shape index (κ2) is 7.88. The van der Waals surface area contributed by atoms with E-state index in [4.69, 9.17) is 11.6 Å². The third kappa shape index (κ3) is 5.13. The summed E-state index contributed by atoms with van der Waals surface area (Å²) in [6, 6.07) is 5.84. The van der Waals surface area contributed by atoms with Crippen LogP contribution in [0.4, 0.5) is 0 Å². The third-order valence-corrected chi connectivity index (χ3v) is 3.90. The van der Waals surface area contributed by atoms with Crippen LogP contribution in [-0.2, 0) is 0 Å². The fourth-order valence-electron chi connectivity index (χ4n) is 2.12. The molecule has 0 aliphatic heterocycles. The summed E-state index contributed by atoms with van der Waals surface area (Å²) in [5.41, 5.74) is 1.95. The molecule has 2 N–H and O–H groups in total. The van der Waals surface area contributed by atoms with E-state index < -0.39 is 6.10 Å². The van der Waals surface area contributed by atoms with E-state index in [1.807, 2.05) is 25.1 Å². The maximum absolute atomic E-state index is 10.5. The van der Waals surface area contributed by atoms with Crippen LogP contribution in [0.5, 0.6) is 0 Å². The zero-order valence-electron chi connectivity index (χ0n) is 12.4. The Kier molecular flexibility index (Phi) is 6.84. The van der Waals surface area contributed by atoms with Gasteiger partial charge < -0.3 is 10.4 Å². The average molecular weight is 284 g/mol. The molecule has 0 amide bonds. The molecule has 0 heterocycles. The highest BCUT2D eigenvalue weighted by atomic mass is 35.5. The SMILES string of the molecule is CCC(NCCC(C)C)C(O)c1ccc(Cl)c(C)c1. The molecule has 0 aliphatic rings.